The highest BCUT2D eigenvalue weighted by molar-refractivity contribution is 5.88. The minimum absolute atomic E-state index is 0.0490. The second-order valence-electron chi connectivity index (χ2n) is 17.2. The van der Waals surface area contributed by atoms with Gasteiger partial charge in [-0.3, -0.25) is 0 Å². The van der Waals surface area contributed by atoms with Crippen molar-refractivity contribution in [3.8, 4) is 79.2 Å². The van der Waals surface area contributed by atoms with E-state index in [-0.39, 0.29) is 11.8 Å². The summed E-state index contributed by atoms with van der Waals surface area (Å²) >= 11 is 0. The number of hydrogen-bond donors (Lipinski definition) is 0. The molecule has 0 saturated heterocycles. The SMILES string of the molecule is c1ccc(-c2nc(-c3cccc(-c4ccc5ccccc5c4)c3)cc(-c3ccc4c(c3)C3c5ccccc5C4c4cc(-c5nc(-c6ccccc6)nc(-c6ccccc6)n5)ccc43)n2)cc1. The van der Waals surface area contributed by atoms with E-state index in [4.69, 9.17) is 24.9 Å². The van der Waals surface area contributed by atoms with Crippen LogP contribution in [0.1, 0.15) is 45.2 Å². The number of rotatable bonds is 7. The lowest BCUT2D eigenvalue weighted by Crippen LogP contribution is -2.27. The van der Waals surface area contributed by atoms with Crippen molar-refractivity contribution in [1.82, 2.24) is 24.9 Å². The monoisotopic (exact) mass is 841 g/mol. The average Bonchev–Trinajstić information content (AvgIpc) is 3.40. The zero-order chi connectivity index (χ0) is 43.6. The molecule has 0 N–H and O–H groups in total. The number of hydrogen-bond acceptors (Lipinski definition) is 5. The third kappa shape index (κ3) is 6.51. The molecule has 5 heteroatoms. The second kappa shape index (κ2) is 15.5. The molecule has 5 nitrogen and oxygen atoms in total. The van der Waals surface area contributed by atoms with E-state index >= 15 is 0 Å². The largest absolute Gasteiger partial charge is 0.228 e. The molecule has 2 atom stereocenters. The molecule has 14 rings (SSSR count). The minimum Gasteiger partial charge on any atom is -0.228 e. The van der Waals surface area contributed by atoms with Crippen LogP contribution in [0.5, 0.6) is 0 Å². The maximum Gasteiger partial charge on any atom is 0.164 e. The highest BCUT2D eigenvalue weighted by Gasteiger charge is 2.41. The van der Waals surface area contributed by atoms with Gasteiger partial charge in [0, 0.05) is 45.2 Å². The Kier molecular flexibility index (Phi) is 8.91. The third-order valence-electron chi connectivity index (χ3n) is 13.3. The van der Waals surface area contributed by atoms with Crippen LogP contribution < -0.4 is 0 Å². The summed E-state index contributed by atoms with van der Waals surface area (Å²) in [5.41, 5.74) is 18.0. The molecule has 3 aliphatic rings. The Morgan fingerprint density at radius 1 is 0.212 bits per heavy atom. The van der Waals surface area contributed by atoms with Crippen molar-refractivity contribution in [3.63, 3.8) is 0 Å². The molecule has 0 radical (unpaired) electrons. The predicted octanol–water partition coefficient (Wildman–Crippen LogP) is 14.5. The van der Waals surface area contributed by atoms with Gasteiger partial charge in [-0.05, 0) is 85.6 Å². The molecular formula is C61H39N5. The molecule has 0 saturated carbocycles. The summed E-state index contributed by atoms with van der Waals surface area (Å²) in [5.74, 6) is 2.77. The molecule has 2 bridgehead atoms. The van der Waals surface area contributed by atoms with Crippen molar-refractivity contribution in [2.75, 3.05) is 0 Å². The van der Waals surface area contributed by atoms with Gasteiger partial charge in [0.25, 0.3) is 0 Å². The normalized spacial score (nSPS) is 14.4. The van der Waals surface area contributed by atoms with Crippen molar-refractivity contribution in [2.45, 2.75) is 11.8 Å². The van der Waals surface area contributed by atoms with Crippen molar-refractivity contribution in [3.05, 3.63) is 258 Å². The van der Waals surface area contributed by atoms with Crippen LogP contribution in [0, 0.1) is 0 Å². The highest BCUT2D eigenvalue weighted by Crippen LogP contribution is 2.56. The number of nitrogens with zero attached hydrogens (tertiary/aromatic N) is 5. The Morgan fingerprint density at radius 2 is 0.606 bits per heavy atom. The molecule has 2 unspecified atom stereocenters. The van der Waals surface area contributed by atoms with Crippen LogP contribution in [-0.2, 0) is 0 Å². The summed E-state index contributed by atoms with van der Waals surface area (Å²) in [4.78, 5) is 25.7. The molecule has 66 heavy (non-hydrogen) atoms. The number of aromatic nitrogens is 5. The van der Waals surface area contributed by atoms with Crippen LogP contribution in [0.25, 0.3) is 90.0 Å². The van der Waals surface area contributed by atoms with Gasteiger partial charge in [0.15, 0.2) is 23.3 Å². The quantitative estimate of drug-likeness (QED) is 0.160. The zero-order valence-corrected chi connectivity index (χ0v) is 35.8. The van der Waals surface area contributed by atoms with Crippen LogP contribution >= 0.6 is 0 Å². The van der Waals surface area contributed by atoms with Gasteiger partial charge < -0.3 is 0 Å². The van der Waals surface area contributed by atoms with E-state index in [1.807, 2.05) is 54.6 Å². The molecule has 0 spiro atoms. The third-order valence-corrected chi connectivity index (χ3v) is 13.3. The molecule has 0 aliphatic heterocycles. The molecule has 0 fully saturated rings. The Bertz CT molecular complexity index is 3600. The van der Waals surface area contributed by atoms with Crippen LogP contribution in [0.15, 0.2) is 224 Å². The summed E-state index contributed by atoms with van der Waals surface area (Å²) in [6, 6.07) is 79.4. The van der Waals surface area contributed by atoms with Crippen molar-refractivity contribution >= 4 is 10.8 Å². The van der Waals surface area contributed by atoms with Gasteiger partial charge in [-0.2, -0.15) is 0 Å². The first-order valence-electron chi connectivity index (χ1n) is 22.5. The predicted molar refractivity (Wildman–Crippen MR) is 266 cm³/mol. The Labute approximate surface area is 382 Å². The first kappa shape index (κ1) is 37.8. The van der Waals surface area contributed by atoms with Crippen LogP contribution in [0.4, 0.5) is 0 Å². The number of benzene rings is 9. The number of fused-ring (bicyclic) bond motifs is 1. The lowest BCUT2D eigenvalue weighted by atomic mass is 9.60. The van der Waals surface area contributed by atoms with E-state index in [0.717, 1.165) is 50.3 Å². The molecule has 9 aromatic carbocycles. The molecule has 11 aromatic rings. The summed E-state index contributed by atoms with van der Waals surface area (Å²) < 4.78 is 0. The van der Waals surface area contributed by atoms with E-state index < -0.39 is 0 Å². The van der Waals surface area contributed by atoms with Crippen molar-refractivity contribution in [1.29, 1.82) is 0 Å². The first-order valence-corrected chi connectivity index (χ1v) is 22.5. The summed E-state index contributed by atoms with van der Waals surface area (Å²) in [6.07, 6.45) is 0. The van der Waals surface area contributed by atoms with Gasteiger partial charge in [0.05, 0.1) is 11.4 Å². The zero-order valence-electron chi connectivity index (χ0n) is 35.8. The first-order chi connectivity index (χ1) is 32.7. The van der Waals surface area contributed by atoms with Gasteiger partial charge in [-0.15, -0.1) is 0 Å². The van der Waals surface area contributed by atoms with Crippen LogP contribution in [-0.4, -0.2) is 24.9 Å². The molecule has 0 amide bonds. The van der Waals surface area contributed by atoms with Gasteiger partial charge in [0.1, 0.15) is 0 Å². The topological polar surface area (TPSA) is 64.5 Å². The van der Waals surface area contributed by atoms with Crippen molar-refractivity contribution < 1.29 is 0 Å². The average molecular weight is 842 g/mol. The summed E-state index contributed by atoms with van der Waals surface area (Å²) in [6.45, 7) is 0. The molecule has 3 aliphatic carbocycles. The maximum atomic E-state index is 5.29. The Hall–Kier alpha value is -8.67. The van der Waals surface area contributed by atoms with Gasteiger partial charge in [0.2, 0.25) is 0 Å². The fraction of sp³-hybridized carbons (Fsp3) is 0.0328. The smallest absolute Gasteiger partial charge is 0.164 e. The van der Waals surface area contributed by atoms with E-state index in [0.29, 0.717) is 23.3 Å². The lowest BCUT2D eigenvalue weighted by molar-refractivity contribution is 0.754. The molecular weight excluding hydrogens is 803 g/mol. The van der Waals surface area contributed by atoms with Crippen LogP contribution in [0.2, 0.25) is 0 Å². The van der Waals surface area contributed by atoms with Crippen LogP contribution in [0.3, 0.4) is 0 Å². The van der Waals surface area contributed by atoms with Crippen molar-refractivity contribution in [2.24, 2.45) is 0 Å². The Morgan fingerprint density at radius 3 is 1.20 bits per heavy atom. The fourth-order valence-electron chi connectivity index (χ4n) is 10.1. The fourth-order valence-corrected chi connectivity index (χ4v) is 10.1. The second-order valence-corrected chi connectivity index (χ2v) is 17.2. The Balaban J connectivity index is 0.921. The molecule has 308 valence electrons. The van der Waals surface area contributed by atoms with E-state index in [2.05, 4.69) is 170 Å². The van der Waals surface area contributed by atoms with Gasteiger partial charge >= 0.3 is 0 Å². The molecule has 2 aromatic heterocycles. The van der Waals surface area contributed by atoms with Gasteiger partial charge in [-0.1, -0.05) is 194 Å². The van der Waals surface area contributed by atoms with Gasteiger partial charge in [-0.25, -0.2) is 24.9 Å². The minimum atomic E-state index is 0.0490. The summed E-state index contributed by atoms with van der Waals surface area (Å²) in [7, 11) is 0. The van der Waals surface area contributed by atoms with E-state index in [1.54, 1.807) is 0 Å². The standard InChI is InChI=1S/C61H39N5/c1-4-16-39(17-5-1)58-62-54(45-24-14-23-43(34-45)44-28-27-38-15-10-11-22-42(38)33-44)37-55(63-58)46-29-31-50-52(35-46)56-48-25-12-13-26-49(48)57(50)53-36-47(30-32-51(53)56)61-65-59(40-18-6-2-7-19-40)64-60(66-61)41-20-8-3-9-21-41/h1-37,56-57H. The lowest BCUT2D eigenvalue weighted by Gasteiger charge is -2.42. The van der Waals surface area contributed by atoms with E-state index in [1.165, 1.54) is 49.7 Å². The maximum absolute atomic E-state index is 5.29. The summed E-state index contributed by atoms with van der Waals surface area (Å²) in [5, 5.41) is 2.45. The van der Waals surface area contributed by atoms with E-state index in [9.17, 15) is 0 Å². The molecule has 2 heterocycles. The highest BCUT2D eigenvalue weighted by atomic mass is 15.0.